The number of hydrogen-bond acceptors (Lipinski definition) is 12. The fraction of sp³-hybridized carbons (Fsp3) is 0.467. The Morgan fingerprint density at radius 1 is 0.708 bits per heavy atom. The van der Waals surface area contributed by atoms with Gasteiger partial charge in [-0.3, -0.25) is 38.6 Å². The SMILES string of the molecule is CCCCOn1c(C(=O)NCCNC(=O)c2ccc(C(=O)N3CCSC3=S)c(=O)n2OCCCC)ccc(C(=O)N2CCSC2=S)c1=O. The molecule has 4 heterocycles. The molecule has 2 aliphatic rings. The van der Waals surface area contributed by atoms with Gasteiger partial charge in [0.25, 0.3) is 34.7 Å². The number of thioether (sulfide) groups is 2. The zero-order valence-electron chi connectivity index (χ0n) is 26.5. The summed E-state index contributed by atoms with van der Waals surface area (Å²) in [5, 5.41) is 5.25. The van der Waals surface area contributed by atoms with Gasteiger partial charge in [-0.15, -0.1) is 9.46 Å². The normalized spacial score (nSPS) is 14.3. The molecule has 0 spiro atoms. The molecule has 258 valence electrons. The summed E-state index contributed by atoms with van der Waals surface area (Å²) in [6.07, 6.45) is 2.77. The summed E-state index contributed by atoms with van der Waals surface area (Å²) in [7, 11) is 0. The summed E-state index contributed by atoms with van der Waals surface area (Å²) in [6, 6.07) is 5.19. The van der Waals surface area contributed by atoms with Crippen LogP contribution in [0.3, 0.4) is 0 Å². The molecule has 0 radical (unpaired) electrons. The van der Waals surface area contributed by atoms with Gasteiger partial charge in [0, 0.05) is 37.7 Å². The second-order valence-electron chi connectivity index (χ2n) is 10.5. The van der Waals surface area contributed by atoms with Crippen LogP contribution < -0.4 is 31.4 Å². The average Bonchev–Trinajstić information content (AvgIpc) is 3.71. The minimum absolute atomic E-state index is 0.0603. The molecule has 2 N–H and O–H groups in total. The zero-order valence-corrected chi connectivity index (χ0v) is 29.7. The summed E-state index contributed by atoms with van der Waals surface area (Å²) in [5.74, 6) is -1.22. The van der Waals surface area contributed by atoms with Crippen molar-refractivity contribution in [2.45, 2.75) is 39.5 Å². The van der Waals surface area contributed by atoms with Crippen molar-refractivity contribution < 1.29 is 28.9 Å². The third kappa shape index (κ3) is 8.64. The maximum atomic E-state index is 13.3. The molecule has 0 bridgehead atoms. The van der Waals surface area contributed by atoms with Gasteiger partial charge in [0.1, 0.15) is 44.4 Å². The van der Waals surface area contributed by atoms with Crippen LogP contribution in [0.5, 0.6) is 0 Å². The monoisotopic (exact) mass is 736 g/mol. The summed E-state index contributed by atoms with van der Waals surface area (Å²) in [5.41, 5.74) is -2.20. The van der Waals surface area contributed by atoms with Crippen LogP contribution >= 0.6 is 48.0 Å². The van der Waals surface area contributed by atoms with E-state index in [2.05, 4.69) is 10.6 Å². The number of nitrogens with one attached hydrogen (secondary N) is 2. The van der Waals surface area contributed by atoms with E-state index in [1.807, 2.05) is 13.8 Å². The Morgan fingerprint density at radius 3 is 1.44 bits per heavy atom. The first-order valence-electron chi connectivity index (χ1n) is 15.4. The second kappa shape index (κ2) is 17.6. The predicted octanol–water partition coefficient (Wildman–Crippen LogP) is 1.58. The van der Waals surface area contributed by atoms with Gasteiger partial charge in [-0.1, -0.05) is 74.6 Å². The first-order chi connectivity index (χ1) is 23.1. The molecule has 0 atom stereocenters. The zero-order chi connectivity index (χ0) is 34.8. The Bertz CT molecular complexity index is 1590. The van der Waals surface area contributed by atoms with Gasteiger partial charge in [-0.05, 0) is 37.1 Å². The lowest BCUT2D eigenvalue weighted by molar-refractivity contribution is 0.0726. The number of nitrogens with zero attached hydrogens (tertiary/aromatic N) is 4. The largest absolute Gasteiger partial charge is 0.410 e. The van der Waals surface area contributed by atoms with E-state index in [1.165, 1.54) is 57.6 Å². The van der Waals surface area contributed by atoms with Gasteiger partial charge in [0.05, 0.1) is 0 Å². The number of carbonyl (C=O) groups is 4. The molecule has 4 amide bonds. The number of aromatic nitrogens is 2. The summed E-state index contributed by atoms with van der Waals surface area (Å²) in [4.78, 5) is 92.9. The molecule has 14 nitrogen and oxygen atoms in total. The van der Waals surface area contributed by atoms with E-state index in [-0.39, 0.29) is 48.8 Å². The number of hydrogen-bond donors (Lipinski definition) is 2. The van der Waals surface area contributed by atoms with E-state index in [0.717, 1.165) is 22.3 Å². The Kier molecular flexibility index (Phi) is 13.6. The molecule has 2 aromatic heterocycles. The molecule has 48 heavy (non-hydrogen) atoms. The molecule has 0 saturated carbocycles. The molecular weight excluding hydrogens is 701 g/mol. The highest BCUT2D eigenvalue weighted by atomic mass is 32.2. The molecule has 18 heteroatoms. The van der Waals surface area contributed by atoms with Crippen LogP contribution in [0, 0.1) is 0 Å². The Hall–Kier alpha value is -3.74. The van der Waals surface area contributed by atoms with Gasteiger partial charge < -0.3 is 20.3 Å². The topological polar surface area (TPSA) is 161 Å². The molecule has 0 aliphatic carbocycles. The van der Waals surface area contributed by atoms with Gasteiger partial charge in [-0.25, -0.2) is 0 Å². The van der Waals surface area contributed by atoms with Gasteiger partial charge in [0.15, 0.2) is 0 Å². The Balaban J connectivity index is 1.45. The third-order valence-corrected chi connectivity index (χ3v) is 10.0. The molecule has 2 aromatic rings. The third-order valence-electron chi connectivity index (χ3n) is 7.15. The predicted molar refractivity (Wildman–Crippen MR) is 191 cm³/mol. The van der Waals surface area contributed by atoms with Crippen molar-refractivity contribution in [1.82, 2.24) is 29.9 Å². The highest BCUT2D eigenvalue weighted by Crippen LogP contribution is 2.21. The van der Waals surface area contributed by atoms with Crippen molar-refractivity contribution >= 4 is 80.2 Å². The van der Waals surface area contributed by atoms with Crippen LogP contribution in [-0.2, 0) is 0 Å². The quantitative estimate of drug-likeness (QED) is 0.201. The molecular formula is C30H36N6O8S4. The van der Waals surface area contributed by atoms with Crippen molar-refractivity contribution in [2.24, 2.45) is 0 Å². The molecule has 2 saturated heterocycles. The number of rotatable bonds is 15. The molecule has 2 fully saturated rings. The molecule has 0 aromatic carbocycles. The number of unbranched alkanes of at least 4 members (excludes halogenated alkanes) is 2. The van der Waals surface area contributed by atoms with Gasteiger partial charge >= 0.3 is 0 Å². The van der Waals surface area contributed by atoms with E-state index in [0.29, 0.717) is 46.1 Å². The van der Waals surface area contributed by atoms with Crippen molar-refractivity contribution in [3.05, 3.63) is 67.5 Å². The van der Waals surface area contributed by atoms with Crippen LogP contribution in [0.2, 0.25) is 0 Å². The van der Waals surface area contributed by atoms with Gasteiger partial charge in [-0.2, -0.15) is 0 Å². The average molecular weight is 737 g/mol. The second-order valence-corrected chi connectivity index (χ2v) is 13.9. The fourth-order valence-electron chi connectivity index (χ4n) is 4.54. The minimum Gasteiger partial charge on any atom is -0.410 e. The van der Waals surface area contributed by atoms with Gasteiger partial charge in [0.2, 0.25) is 0 Å². The van der Waals surface area contributed by atoms with Crippen LogP contribution in [0.4, 0.5) is 0 Å². The van der Waals surface area contributed by atoms with Crippen molar-refractivity contribution in [3.63, 3.8) is 0 Å². The van der Waals surface area contributed by atoms with Crippen LogP contribution in [0.1, 0.15) is 81.2 Å². The maximum Gasteiger partial charge on any atom is 0.296 e. The summed E-state index contributed by atoms with van der Waals surface area (Å²) < 4.78 is 2.38. The van der Waals surface area contributed by atoms with E-state index < -0.39 is 34.7 Å². The smallest absolute Gasteiger partial charge is 0.296 e. The Labute approximate surface area is 295 Å². The number of thiocarbonyl (C=S) groups is 2. The lowest BCUT2D eigenvalue weighted by Gasteiger charge is -2.18. The highest BCUT2D eigenvalue weighted by Gasteiger charge is 2.30. The van der Waals surface area contributed by atoms with Crippen LogP contribution in [0.25, 0.3) is 0 Å². The first kappa shape index (κ1) is 37.1. The molecule has 4 rings (SSSR count). The number of amides is 4. The van der Waals surface area contributed by atoms with Crippen molar-refractivity contribution in [1.29, 1.82) is 0 Å². The lowest BCUT2D eigenvalue weighted by Crippen LogP contribution is -2.43. The highest BCUT2D eigenvalue weighted by molar-refractivity contribution is 8.23. The van der Waals surface area contributed by atoms with E-state index in [4.69, 9.17) is 34.1 Å². The standard InChI is InChI=1S/C30H36N6O8S4/c1-3-5-15-43-35-21(9-7-19(27(35)41)25(39)33-13-17-47-29(33)45)23(37)31-11-12-32-24(38)22-10-8-20(26(40)34-14-18-48-30(34)46)28(42)36(22)44-16-6-4-2/h7-10H,3-6,11-18H2,1-2H3,(H,31,37)(H,32,38). The van der Waals surface area contributed by atoms with Crippen molar-refractivity contribution in [2.75, 3.05) is 50.9 Å². The van der Waals surface area contributed by atoms with E-state index in [9.17, 15) is 28.8 Å². The maximum absolute atomic E-state index is 13.3. The summed E-state index contributed by atoms with van der Waals surface area (Å²) in [6.45, 7) is 4.79. The molecule has 2 aliphatic heterocycles. The Morgan fingerprint density at radius 2 is 1.10 bits per heavy atom. The van der Waals surface area contributed by atoms with E-state index in [1.54, 1.807) is 0 Å². The van der Waals surface area contributed by atoms with Crippen LogP contribution in [-0.4, -0.2) is 102 Å². The fourth-order valence-corrected chi connectivity index (χ4v) is 6.94. The van der Waals surface area contributed by atoms with Crippen LogP contribution in [0.15, 0.2) is 33.9 Å². The summed E-state index contributed by atoms with van der Waals surface area (Å²) >= 11 is 13.1. The minimum atomic E-state index is -0.787. The number of pyridine rings is 2. The number of carbonyl (C=O) groups excluding carboxylic acids is 4. The first-order valence-corrected chi connectivity index (χ1v) is 18.2. The molecule has 0 unspecified atom stereocenters. The van der Waals surface area contributed by atoms with Crippen molar-refractivity contribution in [3.8, 4) is 0 Å². The van der Waals surface area contributed by atoms with E-state index >= 15 is 0 Å². The lowest BCUT2D eigenvalue weighted by atomic mass is 10.2.